The number of aryl methyl sites for hydroxylation is 1. The van der Waals surface area contributed by atoms with Crippen molar-refractivity contribution in [3.8, 4) is 5.69 Å². The van der Waals surface area contributed by atoms with Crippen LogP contribution in [0, 0.1) is 6.92 Å². The van der Waals surface area contributed by atoms with Crippen LogP contribution in [0.4, 0.5) is 5.69 Å². The van der Waals surface area contributed by atoms with Gasteiger partial charge in [0.25, 0.3) is 0 Å². The third-order valence-corrected chi connectivity index (χ3v) is 2.19. The molecule has 0 aliphatic carbocycles. The minimum atomic E-state index is 0.901. The van der Waals surface area contributed by atoms with Gasteiger partial charge in [0.05, 0.1) is 5.69 Å². The highest BCUT2D eigenvalue weighted by Crippen LogP contribution is 2.17. The first-order chi connectivity index (χ1) is 7.31. The molecule has 5 heteroatoms. The van der Waals surface area contributed by atoms with Crippen molar-refractivity contribution in [2.24, 2.45) is 0 Å². The van der Waals surface area contributed by atoms with E-state index in [-0.39, 0.29) is 0 Å². The van der Waals surface area contributed by atoms with Gasteiger partial charge < -0.3 is 5.32 Å². The van der Waals surface area contributed by atoms with Gasteiger partial charge in [0.15, 0.2) is 0 Å². The number of aromatic nitrogens is 4. The Morgan fingerprint density at radius 2 is 2.27 bits per heavy atom. The fourth-order valence-corrected chi connectivity index (χ4v) is 1.44. The highest BCUT2D eigenvalue weighted by Gasteiger charge is 2.03. The molecule has 1 N–H and O–H groups in total. The normalized spacial score (nSPS) is 10.3. The van der Waals surface area contributed by atoms with Gasteiger partial charge in [0, 0.05) is 12.2 Å². The number of hydrogen-bond acceptors (Lipinski definition) is 4. The molecule has 0 amide bonds. The summed E-state index contributed by atoms with van der Waals surface area (Å²) in [5.74, 6) is 0. The predicted molar refractivity (Wildman–Crippen MR) is 58.1 cm³/mol. The number of rotatable bonds is 3. The molecule has 0 fully saturated rings. The summed E-state index contributed by atoms with van der Waals surface area (Å²) >= 11 is 0. The summed E-state index contributed by atoms with van der Waals surface area (Å²) < 4.78 is 1.66. The molecule has 15 heavy (non-hydrogen) atoms. The molecule has 0 bridgehead atoms. The minimum Gasteiger partial charge on any atom is -0.385 e. The minimum absolute atomic E-state index is 0.901. The van der Waals surface area contributed by atoms with E-state index in [2.05, 4.69) is 33.8 Å². The second-order valence-corrected chi connectivity index (χ2v) is 3.29. The van der Waals surface area contributed by atoms with Gasteiger partial charge in [-0.2, -0.15) is 0 Å². The fourth-order valence-electron chi connectivity index (χ4n) is 1.44. The second kappa shape index (κ2) is 4.08. The van der Waals surface area contributed by atoms with Crippen LogP contribution < -0.4 is 5.32 Å². The Hall–Kier alpha value is -1.91. The monoisotopic (exact) mass is 203 g/mol. The van der Waals surface area contributed by atoms with E-state index in [1.807, 2.05) is 19.1 Å². The van der Waals surface area contributed by atoms with Crippen LogP contribution in [0.15, 0.2) is 24.5 Å². The molecule has 0 atom stereocenters. The second-order valence-electron chi connectivity index (χ2n) is 3.29. The lowest BCUT2D eigenvalue weighted by Gasteiger charge is -2.08. The van der Waals surface area contributed by atoms with Crippen molar-refractivity contribution in [2.45, 2.75) is 13.8 Å². The number of nitrogens with one attached hydrogen (secondary N) is 1. The number of anilines is 1. The maximum Gasteiger partial charge on any atom is 0.143 e. The molecule has 0 aliphatic heterocycles. The van der Waals surface area contributed by atoms with Crippen LogP contribution in [0.25, 0.3) is 5.69 Å². The van der Waals surface area contributed by atoms with Gasteiger partial charge in [-0.25, -0.2) is 4.68 Å². The van der Waals surface area contributed by atoms with E-state index in [0.29, 0.717) is 0 Å². The van der Waals surface area contributed by atoms with E-state index in [9.17, 15) is 0 Å². The summed E-state index contributed by atoms with van der Waals surface area (Å²) in [4.78, 5) is 0. The largest absolute Gasteiger partial charge is 0.385 e. The van der Waals surface area contributed by atoms with Crippen molar-refractivity contribution < 1.29 is 0 Å². The first-order valence-electron chi connectivity index (χ1n) is 4.89. The van der Waals surface area contributed by atoms with Crippen LogP contribution in [0.2, 0.25) is 0 Å². The first kappa shape index (κ1) is 9.64. The topological polar surface area (TPSA) is 55.6 Å². The summed E-state index contributed by atoms with van der Waals surface area (Å²) in [5, 5.41) is 14.4. The predicted octanol–water partition coefficient (Wildman–Crippen LogP) is 1.40. The first-order valence-corrected chi connectivity index (χ1v) is 4.89. The van der Waals surface area contributed by atoms with Crippen molar-refractivity contribution >= 4 is 5.69 Å². The molecule has 0 saturated heterocycles. The van der Waals surface area contributed by atoms with Crippen LogP contribution in [-0.4, -0.2) is 26.8 Å². The van der Waals surface area contributed by atoms with E-state index >= 15 is 0 Å². The summed E-state index contributed by atoms with van der Waals surface area (Å²) in [5.41, 5.74) is 3.22. The molecule has 0 spiro atoms. The standard InChI is InChI=1S/C10H13N5/c1-3-11-9-5-4-8(2)10(6-9)15-7-12-13-14-15/h4-7,11H,3H2,1-2H3. The van der Waals surface area contributed by atoms with Gasteiger partial charge >= 0.3 is 0 Å². The lowest BCUT2D eigenvalue weighted by molar-refractivity contribution is 0.785. The zero-order valence-corrected chi connectivity index (χ0v) is 8.81. The van der Waals surface area contributed by atoms with Gasteiger partial charge in [-0.3, -0.25) is 0 Å². The maximum absolute atomic E-state index is 3.88. The molecule has 1 aromatic heterocycles. The van der Waals surface area contributed by atoms with Gasteiger partial charge in [-0.1, -0.05) is 6.07 Å². The van der Waals surface area contributed by atoms with Crippen LogP contribution in [0.1, 0.15) is 12.5 Å². The average molecular weight is 203 g/mol. The Labute approximate surface area is 88.1 Å². The van der Waals surface area contributed by atoms with E-state index < -0.39 is 0 Å². The molecule has 0 aliphatic rings. The van der Waals surface area contributed by atoms with Crippen LogP contribution in [0.5, 0.6) is 0 Å². The van der Waals surface area contributed by atoms with Gasteiger partial charge in [-0.05, 0) is 42.0 Å². The molecule has 78 valence electrons. The Balaban J connectivity index is 2.41. The molecule has 1 aromatic carbocycles. The highest BCUT2D eigenvalue weighted by atomic mass is 15.5. The van der Waals surface area contributed by atoms with E-state index in [1.165, 1.54) is 0 Å². The Kier molecular flexibility index (Phi) is 2.62. The molecule has 0 saturated carbocycles. The van der Waals surface area contributed by atoms with Crippen molar-refractivity contribution in [2.75, 3.05) is 11.9 Å². The quantitative estimate of drug-likeness (QED) is 0.819. The van der Waals surface area contributed by atoms with E-state index in [0.717, 1.165) is 23.5 Å². The Morgan fingerprint density at radius 1 is 1.40 bits per heavy atom. The number of nitrogens with zero attached hydrogens (tertiary/aromatic N) is 4. The molecule has 2 aromatic rings. The number of hydrogen-bond donors (Lipinski definition) is 1. The van der Waals surface area contributed by atoms with Crippen LogP contribution in [0.3, 0.4) is 0 Å². The summed E-state index contributed by atoms with van der Waals surface area (Å²) in [7, 11) is 0. The number of benzene rings is 1. The van der Waals surface area contributed by atoms with Crippen molar-refractivity contribution in [1.29, 1.82) is 0 Å². The van der Waals surface area contributed by atoms with E-state index in [4.69, 9.17) is 0 Å². The lowest BCUT2D eigenvalue weighted by atomic mass is 10.2. The van der Waals surface area contributed by atoms with Gasteiger partial charge in [0.2, 0.25) is 0 Å². The van der Waals surface area contributed by atoms with Crippen LogP contribution in [-0.2, 0) is 0 Å². The molecule has 2 rings (SSSR count). The van der Waals surface area contributed by atoms with Crippen LogP contribution >= 0.6 is 0 Å². The van der Waals surface area contributed by atoms with Gasteiger partial charge in [-0.15, -0.1) is 5.10 Å². The Bertz CT molecular complexity index is 435. The summed E-state index contributed by atoms with van der Waals surface area (Å²) in [6.07, 6.45) is 1.60. The zero-order chi connectivity index (χ0) is 10.7. The average Bonchev–Trinajstić information content (AvgIpc) is 2.74. The lowest BCUT2D eigenvalue weighted by Crippen LogP contribution is -2.01. The molecular formula is C10H13N5. The third-order valence-electron chi connectivity index (χ3n) is 2.19. The molecular weight excluding hydrogens is 190 g/mol. The molecule has 1 heterocycles. The summed E-state index contributed by atoms with van der Waals surface area (Å²) in [6.45, 7) is 5.00. The van der Waals surface area contributed by atoms with E-state index in [1.54, 1.807) is 11.0 Å². The van der Waals surface area contributed by atoms with Crippen molar-refractivity contribution in [1.82, 2.24) is 20.2 Å². The fraction of sp³-hybridized carbons (Fsp3) is 0.300. The zero-order valence-electron chi connectivity index (χ0n) is 8.81. The number of tetrazole rings is 1. The van der Waals surface area contributed by atoms with Crippen molar-refractivity contribution in [3.63, 3.8) is 0 Å². The smallest absolute Gasteiger partial charge is 0.143 e. The molecule has 0 radical (unpaired) electrons. The molecule has 0 unspecified atom stereocenters. The van der Waals surface area contributed by atoms with Gasteiger partial charge in [0.1, 0.15) is 6.33 Å². The Morgan fingerprint density at radius 3 is 2.93 bits per heavy atom. The van der Waals surface area contributed by atoms with Crippen molar-refractivity contribution in [3.05, 3.63) is 30.1 Å². The maximum atomic E-state index is 3.88. The molecule has 5 nitrogen and oxygen atoms in total. The highest BCUT2D eigenvalue weighted by molar-refractivity contribution is 5.54. The SMILES string of the molecule is CCNc1ccc(C)c(-n2cnnn2)c1. The third kappa shape index (κ3) is 1.96. The summed E-state index contributed by atoms with van der Waals surface area (Å²) in [6, 6.07) is 6.14.